The van der Waals surface area contributed by atoms with Crippen LogP contribution in [0, 0.1) is 0 Å². The average Bonchev–Trinajstić information content (AvgIpc) is 2.33. The lowest BCUT2D eigenvalue weighted by Gasteiger charge is -2.13. The molecule has 0 aliphatic rings. The van der Waals surface area contributed by atoms with Crippen LogP contribution in [0.15, 0.2) is 18.2 Å². The maximum absolute atomic E-state index is 6.17. The van der Waals surface area contributed by atoms with E-state index < -0.39 is 0 Å². The maximum Gasteiger partial charge on any atom is 0.142 e. The van der Waals surface area contributed by atoms with Gasteiger partial charge >= 0.3 is 0 Å². The molecule has 1 aromatic rings. The van der Waals surface area contributed by atoms with Crippen molar-refractivity contribution in [3.05, 3.63) is 28.8 Å². The highest BCUT2D eigenvalue weighted by Gasteiger charge is 2.07. The Hall–Kier alpha value is -0.730. The second-order valence-electron chi connectivity index (χ2n) is 4.11. The van der Waals surface area contributed by atoms with Gasteiger partial charge in [-0.3, -0.25) is 0 Å². The molecule has 0 atom stereocenters. The third-order valence-electron chi connectivity index (χ3n) is 2.54. The Morgan fingerprint density at radius 2 is 2.06 bits per heavy atom. The average molecular weight is 256 g/mol. The fourth-order valence-corrected chi connectivity index (χ4v) is 1.82. The topological polar surface area (TPSA) is 21.3 Å². The standard InChI is InChI=1S/C14H22ClNO/c1-3-5-10-17-14-12(11-16-9-4-2)7-6-8-13(14)15/h6-8,16H,3-5,9-11H2,1-2H3. The number of ether oxygens (including phenoxy) is 1. The second kappa shape index (κ2) is 8.37. The summed E-state index contributed by atoms with van der Waals surface area (Å²) in [5.41, 5.74) is 1.14. The molecule has 0 saturated carbocycles. The van der Waals surface area contributed by atoms with Gasteiger partial charge in [-0.1, -0.05) is 44.0 Å². The Morgan fingerprint density at radius 3 is 2.76 bits per heavy atom. The predicted molar refractivity (Wildman–Crippen MR) is 73.9 cm³/mol. The number of nitrogens with one attached hydrogen (secondary N) is 1. The van der Waals surface area contributed by atoms with Gasteiger partial charge in [0.25, 0.3) is 0 Å². The quantitative estimate of drug-likeness (QED) is 0.709. The molecule has 0 unspecified atom stereocenters. The zero-order valence-corrected chi connectivity index (χ0v) is 11.5. The molecule has 1 rings (SSSR count). The molecule has 0 fully saturated rings. The number of unbranched alkanes of at least 4 members (excludes halogenated alkanes) is 1. The summed E-state index contributed by atoms with van der Waals surface area (Å²) in [6.45, 7) is 6.88. The predicted octanol–water partition coefficient (Wildman–Crippen LogP) is 4.02. The van der Waals surface area contributed by atoms with Crippen LogP contribution in [0.4, 0.5) is 0 Å². The van der Waals surface area contributed by atoms with Crippen molar-refractivity contribution in [3.8, 4) is 5.75 Å². The summed E-state index contributed by atoms with van der Waals surface area (Å²) in [5.74, 6) is 0.839. The van der Waals surface area contributed by atoms with Crippen molar-refractivity contribution >= 4 is 11.6 Å². The van der Waals surface area contributed by atoms with Crippen molar-refractivity contribution in [2.75, 3.05) is 13.2 Å². The number of para-hydroxylation sites is 1. The Morgan fingerprint density at radius 1 is 1.24 bits per heavy atom. The molecule has 0 aromatic heterocycles. The molecule has 3 heteroatoms. The molecule has 0 saturated heterocycles. The third-order valence-corrected chi connectivity index (χ3v) is 2.83. The molecular formula is C14H22ClNO. The van der Waals surface area contributed by atoms with Crippen LogP contribution < -0.4 is 10.1 Å². The summed E-state index contributed by atoms with van der Waals surface area (Å²) >= 11 is 6.17. The van der Waals surface area contributed by atoms with Gasteiger partial charge in [-0.15, -0.1) is 0 Å². The first-order chi connectivity index (χ1) is 8.29. The van der Waals surface area contributed by atoms with Crippen LogP contribution in [0.1, 0.15) is 38.7 Å². The summed E-state index contributed by atoms with van der Waals surface area (Å²) in [4.78, 5) is 0. The lowest BCUT2D eigenvalue weighted by Crippen LogP contribution is -2.15. The van der Waals surface area contributed by atoms with Crippen molar-refractivity contribution in [2.45, 2.75) is 39.7 Å². The zero-order chi connectivity index (χ0) is 12.5. The van der Waals surface area contributed by atoms with E-state index in [9.17, 15) is 0 Å². The third kappa shape index (κ3) is 4.97. The first-order valence-electron chi connectivity index (χ1n) is 6.40. The first kappa shape index (κ1) is 14.3. The van der Waals surface area contributed by atoms with Crippen molar-refractivity contribution < 1.29 is 4.74 Å². The van der Waals surface area contributed by atoms with Gasteiger partial charge in [0.05, 0.1) is 11.6 Å². The molecule has 0 amide bonds. The SMILES string of the molecule is CCCCOc1c(Cl)cccc1CNCCC. The summed E-state index contributed by atoms with van der Waals surface area (Å²) in [5, 5.41) is 4.08. The minimum Gasteiger partial charge on any atom is -0.492 e. The highest BCUT2D eigenvalue weighted by atomic mass is 35.5. The second-order valence-corrected chi connectivity index (χ2v) is 4.51. The van der Waals surface area contributed by atoms with E-state index in [2.05, 4.69) is 25.2 Å². The van der Waals surface area contributed by atoms with E-state index in [-0.39, 0.29) is 0 Å². The maximum atomic E-state index is 6.17. The van der Waals surface area contributed by atoms with Crippen molar-refractivity contribution in [1.82, 2.24) is 5.32 Å². The van der Waals surface area contributed by atoms with Crippen LogP contribution in [0.5, 0.6) is 5.75 Å². The number of rotatable bonds is 8. The lowest BCUT2D eigenvalue weighted by molar-refractivity contribution is 0.305. The monoisotopic (exact) mass is 255 g/mol. The molecule has 0 heterocycles. The van der Waals surface area contributed by atoms with Gasteiger partial charge in [0.15, 0.2) is 0 Å². The Balaban J connectivity index is 2.63. The summed E-state index contributed by atoms with van der Waals surface area (Å²) in [6.07, 6.45) is 3.33. The van der Waals surface area contributed by atoms with Crippen LogP contribution in [0.2, 0.25) is 5.02 Å². The lowest BCUT2D eigenvalue weighted by atomic mass is 10.2. The van der Waals surface area contributed by atoms with Crippen LogP contribution in [0.3, 0.4) is 0 Å². The fourth-order valence-electron chi connectivity index (χ4n) is 1.57. The Labute approximate surface area is 109 Å². The molecule has 0 radical (unpaired) electrons. The molecule has 17 heavy (non-hydrogen) atoms. The normalized spacial score (nSPS) is 10.5. The molecular weight excluding hydrogens is 234 g/mol. The van der Waals surface area contributed by atoms with Crippen molar-refractivity contribution in [3.63, 3.8) is 0 Å². The number of halogens is 1. The van der Waals surface area contributed by atoms with Gasteiger partial charge in [0.2, 0.25) is 0 Å². The van der Waals surface area contributed by atoms with E-state index in [1.54, 1.807) is 0 Å². The van der Waals surface area contributed by atoms with Gasteiger partial charge in [0.1, 0.15) is 5.75 Å². The minimum atomic E-state index is 0.705. The van der Waals surface area contributed by atoms with E-state index >= 15 is 0 Å². The smallest absolute Gasteiger partial charge is 0.142 e. The van der Waals surface area contributed by atoms with E-state index in [1.807, 2.05) is 12.1 Å². The molecule has 96 valence electrons. The van der Waals surface area contributed by atoms with E-state index in [1.165, 1.54) is 0 Å². The molecule has 0 aliphatic heterocycles. The first-order valence-corrected chi connectivity index (χ1v) is 6.78. The Bertz CT molecular complexity index is 328. The molecule has 0 spiro atoms. The van der Waals surface area contributed by atoms with Crippen LogP contribution in [-0.4, -0.2) is 13.2 Å². The summed E-state index contributed by atoms with van der Waals surface area (Å²) in [6, 6.07) is 5.92. The van der Waals surface area contributed by atoms with Gasteiger partial charge in [-0.05, 0) is 25.5 Å². The van der Waals surface area contributed by atoms with Gasteiger partial charge < -0.3 is 10.1 Å². The number of benzene rings is 1. The van der Waals surface area contributed by atoms with Crippen LogP contribution in [0.25, 0.3) is 0 Å². The van der Waals surface area contributed by atoms with Gasteiger partial charge in [-0.2, -0.15) is 0 Å². The highest BCUT2D eigenvalue weighted by Crippen LogP contribution is 2.28. The summed E-state index contributed by atoms with van der Waals surface area (Å²) < 4.78 is 5.77. The fraction of sp³-hybridized carbons (Fsp3) is 0.571. The van der Waals surface area contributed by atoms with E-state index in [0.717, 1.165) is 50.3 Å². The molecule has 1 aromatic carbocycles. The largest absolute Gasteiger partial charge is 0.492 e. The van der Waals surface area contributed by atoms with Crippen LogP contribution in [-0.2, 0) is 6.54 Å². The minimum absolute atomic E-state index is 0.705. The molecule has 0 bridgehead atoms. The van der Waals surface area contributed by atoms with Gasteiger partial charge in [0, 0.05) is 12.1 Å². The number of hydrogen-bond acceptors (Lipinski definition) is 2. The molecule has 2 nitrogen and oxygen atoms in total. The van der Waals surface area contributed by atoms with Crippen molar-refractivity contribution in [2.24, 2.45) is 0 Å². The van der Waals surface area contributed by atoms with Crippen molar-refractivity contribution in [1.29, 1.82) is 0 Å². The highest BCUT2D eigenvalue weighted by molar-refractivity contribution is 6.32. The summed E-state index contributed by atoms with van der Waals surface area (Å²) in [7, 11) is 0. The van der Waals surface area contributed by atoms with Gasteiger partial charge in [-0.25, -0.2) is 0 Å². The zero-order valence-electron chi connectivity index (χ0n) is 10.8. The van der Waals surface area contributed by atoms with E-state index in [0.29, 0.717) is 5.02 Å². The van der Waals surface area contributed by atoms with Crippen LogP contribution >= 0.6 is 11.6 Å². The molecule has 1 N–H and O–H groups in total. The Kier molecular flexibility index (Phi) is 7.06. The molecule has 0 aliphatic carbocycles. The van der Waals surface area contributed by atoms with E-state index in [4.69, 9.17) is 16.3 Å². The number of hydrogen-bond donors (Lipinski definition) is 1.